The van der Waals surface area contributed by atoms with Crippen molar-refractivity contribution >= 4 is 61.7 Å². The van der Waals surface area contributed by atoms with Crippen molar-refractivity contribution in [3.05, 3.63) is 157 Å². The van der Waals surface area contributed by atoms with E-state index in [9.17, 15) is 4.79 Å². The average Bonchev–Trinajstić information content (AvgIpc) is 3.13. The highest BCUT2D eigenvalue weighted by Crippen LogP contribution is 2.51. The first kappa shape index (κ1) is 35.3. The number of carbonyl (C=O) groups is 1. The van der Waals surface area contributed by atoms with E-state index < -0.39 is 6.03 Å². The predicted octanol–water partition coefficient (Wildman–Crippen LogP) is 7.88. The molecular formula is C39H36N8OS2. The lowest BCUT2D eigenvalue weighted by molar-refractivity contribution is 0.209. The van der Waals surface area contributed by atoms with E-state index in [2.05, 4.69) is 24.0 Å². The summed E-state index contributed by atoms with van der Waals surface area (Å²) >= 11 is 0. The van der Waals surface area contributed by atoms with Crippen LogP contribution in [0.15, 0.2) is 155 Å². The van der Waals surface area contributed by atoms with Crippen LogP contribution in [0, 0.1) is 11.8 Å². The SMILES string of the molecule is NN(N)C(=O)N(c1ccccc1)c1ccccc1.Nc1ccc(C#Cc2ccc(N)cc2)cc1.Nc1ccc2c(c1)SSc1cc(N)ccc1-2. The zero-order valence-corrected chi connectivity index (χ0v) is 28.6. The van der Waals surface area contributed by atoms with Crippen molar-refractivity contribution in [2.24, 2.45) is 11.7 Å². The van der Waals surface area contributed by atoms with Crippen molar-refractivity contribution in [3.63, 3.8) is 0 Å². The molecule has 0 aliphatic carbocycles. The van der Waals surface area contributed by atoms with Crippen LogP contribution in [0.4, 0.5) is 38.9 Å². The number of rotatable bonds is 2. The molecule has 50 heavy (non-hydrogen) atoms. The molecule has 0 saturated heterocycles. The summed E-state index contributed by atoms with van der Waals surface area (Å²) in [4.78, 5) is 15.9. The van der Waals surface area contributed by atoms with Gasteiger partial charge in [-0.3, -0.25) is 4.90 Å². The number of hydrazine groups is 2. The Balaban J connectivity index is 0.000000146. The molecule has 250 valence electrons. The van der Waals surface area contributed by atoms with Crippen molar-refractivity contribution in [2.45, 2.75) is 9.79 Å². The van der Waals surface area contributed by atoms with E-state index in [1.165, 1.54) is 25.8 Å². The van der Waals surface area contributed by atoms with Gasteiger partial charge in [0.25, 0.3) is 0 Å². The molecule has 7 rings (SSSR count). The van der Waals surface area contributed by atoms with E-state index in [0.717, 1.165) is 33.9 Å². The maximum atomic E-state index is 12.0. The Labute approximate surface area is 299 Å². The van der Waals surface area contributed by atoms with Gasteiger partial charge >= 0.3 is 6.03 Å². The molecule has 0 radical (unpaired) electrons. The zero-order chi connectivity index (χ0) is 35.5. The Morgan fingerprint density at radius 1 is 0.480 bits per heavy atom. The molecule has 0 fully saturated rings. The van der Waals surface area contributed by atoms with Crippen LogP contribution < -0.4 is 39.5 Å². The van der Waals surface area contributed by atoms with Crippen molar-refractivity contribution < 1.29 is 4.79 Å². The molecule has 0 atom stereocenters. The van der Waals surface area contributed by atoms with Crippen molar-refractivity contribution in [3.8, 4) is 23.0 Å². The summed E-state index contributed by atoms with van der Waals surface area (Å²) in [7, 11) is 3.47. The van der Waals surface area contributed by atoms with Gasteiger partial charge < -0.3 is 22.9 Å². The molecule has 1 aliphatic heterocycles. The molecular weight excluding hydrogens is 661 g/mol. The first-order valence-electron chi connectivity index (χ1n) is 15.3. The highest BCUT2D eigenvalue weighted by molar-refractivity contribution is 8.76. The number of fused-ring (bicyclic) bond motifs is 3. The minimum absolute atomic E-state index is 0.507. The first-order chi connectivity index (χ1) is 24.2. The first-order valence-corrected chi connectivity index (χ1v) is 17.4. The molecule has 0 spiro atoms. The van der Waals surface area contributed by atoms with E-state index in [1.807, 2.05) is 133 Å². The highest BCUT2D eigenvalue weighted by atomic mass is 33.1. The number of nitrogen functional groups attached to an aromatic ring is 4. The molecule has 1 aliphatic rings. The quantitative estimate of drug-likeness (QED) is 0.0262. The number of nitrogens with two attached hydrogens (primary N) is 6. The van der Waals surface area contributed by atoms with Crippen molar-refractivity contribution in [1.29, 1.82) is 0 Å². The molecule has 11 heteroatoms. The largest absolute Gasteiger partial charge is 0.399 e. The summed E-state index contributed by atoms with van der Waals surface area (Å²) in [5.74, 6) is 16.8. The summed E-state index contributed by atoms with van der Waals surface area (Å²) in [6, 6.07) is 44.9. The Hall–Kier alpha value is -6.03. The van der Waals surface area contributed by atoms with Crippen molar-refractivity contribution in [2.75, 3.05) is 27.8 Å². The van der Waals surface area contributed by atoms with Gasteiger partial charge in [-0.2, -0.15) is 5.12 Å². The topological polar surface area (TPSA) is 180 Å². The lowest BCUT2D eigenvalue weighted by Crippen LogP contribution is -2.49. The summed E-state index contributed by atoms with van der Waals surface area (Å²) < 4.78 is 0. The average molecular weight is 697 g/mol. The number of nitrogens with zero attached hydrogens (tertiary/aromatic N) is 2. The van der Waals surface area contributed by atoms with Crippen molar-refractivity contribution in [1.82, 2.24) is 5.12 Å². The minimum atomic E-state index is -0.507. The van der Waals surface area contributed by atoms with Crippen LogP contribution in [-0.4, -0.2) is 11.1 Å². The van der Waals surface area contributed by atoms with Gasteiger partial charge in [-0.15, -0.1) is 0 Å². The van der Waals surface area contributed by atoms with Gasteiger partial charge in [-0.1, -0.05) is 82.0 Å². The number of hydrogen-bond donors (Lipinski definition) is 6. The standard InChI is InChI=1S/C14H12N2.C13H14N4O.C12H10N2S2/c15-13-7-3-11(4-8-13)1-2-12-5-9-14(16)10-6-12;14-17(15)13(18)16(11-7-3-1-4-8-11)12-9-5-2-6-10-12;13-7-1-3-9-10-4-2-8(14)6-12(10)16-15-11(9)5-7/h3-10H,15-16H2;1-10H,14-15H2;1-6H,13-14H2. The van der Waals surface area contributed by atoms with Gasteiger partial charge in [0.15, 0.2) is 0 Å². The van der Waals surface area contributed by atoms with Gasteiger partial charge in [-0.05, 0) is 108 Å². The smallest absolute Gasteiger partial charge is 0.358 e. The number of urea groups is 1. The third-order valence-electron chi connectivity index (χ3n) is 7.14. The van der Waals surface area contributed by atoms with Crippen LogP contribution in [0.2, 0.25) is 0 Å². The van der Waals surface area contributed by atoms with E-state index in [0.29, 0.717) is 16.5 Å². The third kappa shape index (κ3) is 9.53. The van der Waals surface area contributed by atoms with E-state index >= 15 is 0 Å². The molecule has 6 aromatic rings. The highest BCUT2D eigenvalue weighted by Gasteiger charge is 2.20. The molecule has 0 bridgehead atoms. The molecule has 0 saturated carbocycles. The number of para-hydroxylation sites is 2. The van der Waals surface area contributed by atoms with Crippen LogP contribution in [0.25, 0.3) is 11.1 Å². The van der Waals surface area contributed by atoms with Crippen LogP contribution in [0.1, 0.15) is 11.1 Å². The van der Waals surface area contributed by atoms with Crippen LogP contribution in [0.3, 0.4) is 0 Å². The van der Waals surface area contributed by atoms with Gasteiger partial charge in [0.05, 0.1) is 11.4 Å². The zero-order valence-electron chi connectivity index (χ0n) is 26.9. The Morgan fingerprint density at radius 3 is 1.20 bits per heavy atom. The van der Waals surface area contributed by atoms with Crippen LogP contribution in [0.5, 0.6) is 0 Å². The monoisotopic (exact) mass is 696 g/mol. The maximum Gasteiger partial charge on any atom is 0.358 e. The third-order valence-corrected chi connectivity index (χ3v) is 9.58. The van der Waals surface area contributed by atoms with Gasteiger partial charge in [0.1, 0.15) is 0 Å². The molecule has 2 amide bonds. The van der Waals surface area contributed by atoms with Crippen LogP contribution in [-0.2, 0) is 0 Å². The Kier molecular flexibility index (Phi) is 11.9. The molecule has 12 N–H and O–H groups in total. The van der Waals surface area contributed by atoms with Gasteiger partial charge in [0, 0.05) is 43.7 Å². The number of benzene rings is 6. The van der Waals surface area contributed by atoms with E-state index in [-0.39, 0.29) is 0 Å². The summed E-state index contributed by atoms with van der Waals surface area (Å²) in [5, 5.41) is 0.569. The second kappa shape index (κ2) is 16.9. The second-order valence-corrected chi connectivity index (χ2v) is 13.1. The minimum Gasteiger partial charge on any atom is -0.399 e. The van der Waals surface area contributed by atoms with Crippen LogP contribution >= 0.6 is 21.6 Å². The summed E-state index contributed by atoms with van der Waals surface area (Å²) in [6.07, 6.45) is 0. The van der Waals surface area contributed by atoms with Gasteiger partial charge in [-0.25, -0.2) is 16.5 Å². The Morgan fingerprint density at radius 2 is 0.840 bits per heavy atom. The normalized spacial score (nSPS) is 10.7. The molecule has 6 aromatic carbocycles. The fourth-order valence-corrected chi connectivity index (χ4v) is 7.12. The number of amides is 2. The summed E-state index contributed by atoms with van der Waals surface area (Å²) in [5.41, 5.74) is 31.7. The predicted molar refractivity (Wildman–Crippen MR) is 211 cm³/mol. The Bertz CT molecular complexity index is 1960. The summed E-state index contributed by atoms with van der Waals surface area (Å²) in [6.45, 7) is 0. The molecule has 0 aromatic heterocycles. The number of anilines is 6. The lowest BCUT2D eigenvalue weighted by Gasteiger charge is -2.25. The lowest BCUT2D eigenvalue weighted by atomic mass is 10.0. The molecule has 1 heterocycles. The maximum absolute atomic E-state index is 12.0. The fourth-order valence-electron chi connectivity index (χ4n) is 4.67. The van der Waals surface area contributed by atoms with Gasteiger partial charge in [0.2, 0.25) is 0 Å². The second-order valence-electron chi connectivity index (χ2n) is 10.9. The molecule has 9 nitrogen and oxygen atoms in total. The van der Waals surface area contributed by atoms with E-state index in [1.54, 1.807) is 21.6 Å². The number of hydrogen-bond acceptors (Lipinski definition) is 9. The number of carbonyl (C=O) groups excluding carboxylic acids is 1. The van der Waals surface area contributed by atoms with E-state index in [4.69, 9.17) is 34.6 Å². The molecule has 0 unspecified atom stereocenters. The fraction of sp³-hybridized carbons (Fsp3) is 0.